The number of fused-ring (bicyclic) bond motifs is 1. The van der Waals surface area contributed by atoms with Crippen molar-refractivity contribution in [1.82, 2.24) is 0 Å². The molecule has 0 saturated carbocycles. The van der Waals surface area contributed by atoms with Gasteiger partial charge in [-0.2, -0.15) is 0 Å². The zero-order chi connectivity index (χ0) is 8.01. The number of rotatable bonds is 0. The molecule has 1 aromatic carbocycles. The van der Waals surface area contributed by atoms with Crippen LogP contribution in [0.4, 0.5) is 4.39 Å². The quantitative estimate of drug-likeness (QED) is 0.600. The van der Waals surface area contributed by atoms with Gasteiger partial charge in [-0.05, 0) is 29.7 Å². The van der Waals surface area contributed by atoms with Crippen molar-refractivity contribution in [3.8, 4) is 0 Å². The summed E-state index contributed by atoms with van der Waals surface area (Å²) in [5, 5.41) is 9.24. The first-order valence-corrected chi connectivity index (χ1v) is 3.66. The molecule has 1 nitrogen and oxygen atoms in total. The predicted molar refractivity (Wildman–Crippen MR) is 39.8 cm³/mol. The van der Waals surface area contributed by atoms with Crippen molar-refractivity contribution in [3.63, 3.8) is 0 Å². The van der Waals surface area contributed by atoms with Gasteiger partial charge < -0.3 is 5.11 Å². The average molecular weight is 152 g/mol. The maximum Gasteiger partial charge on any atom is 0.126 e. The third-order valence-electron chi connectivity index (χ3n) is 2.25. The van der Waals surface area contributed by atoms with Gasteiger partial charge in [0.15, 0.2) is 0 Å². The molecule has 11 heavy (non-hydrogen) atoms. The highest BCUT2D eigenvalue weighted by Crippen LogP contribution is 2.36. The van der Waals surface area contributed by atoms with Crippen LogP contribution in [0.25, 0.3) is 0 Å². The summed E-state index contributed by atoms with van der Waals surface area (Å²) in [5.74, 6) is -0.184. The van der Waals surface area contributed by atoms with Crippen molar-refractivity contribution in [1.29, 1.82) is 0 Å². The largest absolute Gasteiger partial charge is 0.388 e. The summed E-state index contributed by atoms with van der Waals surface area (Å²) < 4.78 is 12.9. The van der Waals surface area contributed by atoms with E-state index >= 15 is 0 Å². The third-order valence-corrected chi connectivity index (χ3v) is 2.25. The molecule has 1 N–H and O–H groups in total. The minimum atomic E-state index is -0.430. The minimum Gasteiger partial charge on any atom is -0.388 e. The number of aryl methyl sites for hydroxylation is 1. The maximum absolute atomic E-state index is 12.9. The molecule has 1 unspecified atom stereocenters. The Morgan fingerprint density at radius 1 is 1.55 bits per heavy atom. The Bertz CT molecular complexity index is 307. The molecule has 0 bridgehead atoms. The first-order valence-electron chi connectivity index (χ1n) is 3.66. The fourth-order valence-corrected chi connectivity index (χ4v) is 1.59. The number of hydrogen-bond donors (Lipinski definition) is 1. The molecule has 1 atom stereocenters. The van der Waals surface area contributed by atoms with Crippen LogP contribution >= 0.6 is 0 Å². The number of halogens is 1. The molecule has 0 spiro atoms. The van der Waals surface area contributed by atoms with Gasteiger partial charge >= 0.3 is 0 Å². The first-order chi connectivity index (χ1) is 5.20. The molecule has 0 radical (unpaired) electrons. The summed E-state index contributed by atoms with van der Waals surface area (Å²) in [5.41, 5.74) is 2.47. The highest BCUT2D eigenvalue weighted by atomic mass is 19.1. The molecule has 0 amide bonds. The molecule has 0 heterocycles. The summed E-state index contributed by atoms with van der Waals surface area (Å²) in [6.07, 6.45) is 0.0451. The van der Waals surface area contributed by atoms with Crippen molar-refractivity contribution in [2.24, 2.45) is 0 Å². The van der Waals surface area contributed by atoms with Crippen molar-refractivity contribution in [2.45, 2.75) is 19.4 Å². The van der Waals surface area contributed by atoms with Crippen molar-refractivity contribution >= 4 is 0 Å². The predicted octanol–water partition coefficient (Wildman–Crippen LogP) is 1.72. The molecule has 0 saturated heterocycles. The van der Waals surface area contributed by atoms with E-state index in [9.17, 15) is 9.50 Å². The van der Waals surface area contributed by atoms with Crippen molar-refractivity contribution < 1.29 is 9.50 Å². The molecule has 2 heteroatoms. The topological polar surface area (TPSA) is 20.2 Å². The lowest BCUT2D eigenvalue weighted by Crippen LogP contribution is -2.19. The zero-order valence-corrected chi connectivity index (χ0v) is 6.26. The van der Waals surface area contributed by atoms with Crippen LogP contribution in [0.1, 0.15) is 22.8 Å². The van der Waals surface area contributed by atoms with Crippen LogP contribution in [0, 0.1) is 12.7 Å². The second-order valence-corrected chi connectivity index (χ2v) is 2.98. The van der Waals surface area contributed by atoms with Gasteiger partial charge in [-0.3, -0.25) is 0 Å². The van der Waals surface area contributed by atoms with Crippen LogP contribution in [0.2, 0.25) is 0 Å². The van der Waals surface area contributed by atoms with Crippen molar-refractivity contribution in [2.75, 3.05) is 0 Å². The smallest absolute Gasteiger partial charge is 0.126 e. The fraction of sp³-hybridized carbons (Fsp3) is 0.333. The van der Waals surface area contributed by atoms with E-state index in [1.807, 2.05) is 6.92 Å². The molecular weight excluding hydrogens is 143 g/mol. The summed E-state index contributed by atoms with van der Waals surface area (Å²) in [4.78, 5) is 0. The molecular formula is C9H9FO. The number of hydrogen-bond acceptors (Lipinski definition) is 1. The van der Waals surface area contributed by atoms with E-state index in [1.165, 1.54) is 6.07 Å². The van der Waals surface area contributed by atoms with E-state index in [4.69, 9.17) is 0 Å². The van der Waals surface area contributed by atoms with Gasteiger partial charge in [0.25, 0.3) is 0 Å². The van der Waals surface area contributed by atoms with Gasteiger partial charge in [0, 0.05) is 6.42 Å². The van der Waals surface area contributed by atoms with E-state index < -0.39 is 6.10 Å². The van der Waals surface area contributed by atoms with Gasteiger partial charge in [-0.15, -0.1) is 0 Å². The highest BCUT2D eigenvalue weighted by molar-refractivity contribution is 5.44. The minimum absolute atomic E-state index is 0.184. The van der Waals surface area contributed by atoms with E-state index in [0.717, 1.165) is 11.1 Å². The third kappa shape index (κ3) is 0.792. The van der Waals surface area contributed by atoms with Crippen LogP contribution in [0.5, 0.6) is 0 Å². The van der Waals surface area contributed by atoms with Gasteiger partial charge in [0.2, 0.25) is 0 Å². The van der Waals surface area contributed by atoms with Crippen LogP contribution in [-0.4, -0.2) is 5.11 Å². The second kappa shape index (κ2) is 2.05. The van der Waals surface area contributed by atoms with Crippen molar-refractivity contribution in [3.05, 3.63) is 34.6 Å². The van der Waals surface area contributed by atoms with E-state index in [1.54, 1.807) is 6.07 Å². The Morgan fingerprint density at radius 3 is 2.82 bits per heavy atom. The SMILES string of the molecule is Cc1ccc(F)c2c1C(O)C2. The zero-order valence-electron chi connectivity index (χ0n) is 6.26. The second-order valence-electron chi connectivity index (χ2n) is 2.98. The number of benzene rings is 1. The summed E-state index contributed by atoms with van der Waals surface area (Å²) >= 11 is 0. The Kier molecular flexibility index (Phi) is 1.26. The van der Waals surface area contributed by atoms with Crippen LogP contribution in [0.3, 0.4) is 0 Å². The van der Waals surface area contributed by atoms with Gasteiger partial charge in [0.1, 0.15) is 5.82 Å². The van der Waals surface area contributed by atoms with E-state index in [-0.39, 0.29) is 5.82 Å². The van der Waals surface area contributed by atoms with Crippen LogP contribution in [0.15, 0.2) is 12.1 Å². The molecule has 58 valence electrons. The molecule has 1 aliphatic rings. The molecule has 1 aliphatic carbocycles. The fourth-order valence-electron chi connectivity index (χ4n) is 1.59. The lowest BCUT2D eigenvalue weighted by Gasteiger charge is -2.27. The molecule has 1 aromatic rings. The Labute approximate surface area is 64.5 Å². The molecule has 2 rings (SSSR count). The van der Waals surface area contributed by atoms with Gasteiger partial charge in [-0.25, -0.2) is 4.39 Å². The Balaban J connectivity index is 2.62. The summed E-state index contributed by atoms with van der Waals surface area (Å²) in [7, 11) is 0. The Hall–Kier alpha value is -0.890. The maximum atomic E-state index is 12.9. The van der Waals surface area contributed by atoms with E-state index in [2.05, 4.69) is 0 Å². The highest BCUT2D eigenvalue weighted by Gasteiger charge is 2.28. The van der Waals surface area contributed by atoms with Crippen LogP contribution < -0.4 is 0 Å². The standard InChI is InChI=1S/C9H9FO/c1-5-2-3-7(10)6-4-8(11)9(5)6/h2-3,8,11H,4H2,1H3. The van der Waals surface area contributed by atoms with E-state index in [0.29, 0.717) is 12.0 Å². The normalized spacial score (nSPS) is 20.8. The lowest BCUT2D eigenvalue weighted by molar-refractivity contribution is 0.149. The number of aliphatic hydroxyl groups excluding tert-OH is 1. The summed E-state index contributed by atoms with van der Waals surface area (Å²) in [6, 6.07) is 3.16. The number of aliphatic hydroxyl groups is 1. The summed E-state index contributed by atoms with van der Waals surface area (Å²) in [6.45, 7) is 1.89. The lowest BCUT2D eigenvalue weighted by atomic mass is 9.82. The first kappa shape index (κ1) is 6.80. The van der Waals surface area contributed by atoms with Gasteiger partial charge in [0.05, 0.1) is 6.10 Å². The molecule has 0 fully saturated rings. The Morgan fingerprint density at radius 2 is 2.27 bits per heavy atom. The van der Waals surface area contributed by atoms with Gasteiger partial charge in [-0.1, -0.05) is 6.07 Å². The monoisotopic (exact) mass is 152 g/mol. The molecule has 0 aliphatic heterocycles. The molecule has 0 aromatic heterocycles. The average Bonchev–Trinajstić information content (AvgIpc) is 1.93. The van der Waals surface area contributed by atoms with Crippen LogP contribution in [-0.2, 0) is 6.42 Å².